The van der Waals surface area contributed by atoms with Gasteiger partial charge in [0.1, 0.15) is 11.8 Å². The van der Waals surface area contributed by atoms with Gasteiger partial charge in [0.15, 0.2) is 6.10 Å². The number of hydrogen-bond donors (Lipinski definition) is 1. The van der Waals surface area contributed by atoms with Crippen LogP contribution >= 0.6 is 0 Å². The fraction of sp³-hybridized carbons (Fsp3) is 0.375. The van der Waals surface area contributed by atoms with E-state index >= 15 is 0 Å². The van der Waals surface area contributed by atoms with E-state index in [-0.39, 0.29) is 5.91 Å². The molecule has 116 valence electrons. The molecule has 1 N–H and O–H groups in total. The van der Waals surface area contributed by atoms with Crippen molar-refractivity contribution in [3.8, 4) is 11.8 Å². The number of benzene rings is 1. The van der Waals surface area contributed by atoms with Gasteiger partial charge in [0.2, 0.25) is 0 Å². The van der Waals surface area contributed by atoms with Crippen molar-refractivity contribution in [2.24, 2.45) is 0 Å². The standard InChI is InChI=1S/C16H19N3O3/c1-4-9-19-13(10-17)14(15(22-3)16(19)20)18-11-5-7-12(21-2)8-6-11/h4-8,13-15,18H,1,9H2,2-3H3/t13-,14+,15-/m1/s1. The van der Waals surface area contributed by atoms with Gasteiger partial charge in [0.05, 0.1) is 19.2 Å². The zero-order chi connectivity index (χ0) is 16.1. The summed E-state index contributed by atoms with van der Waals surface area (Å²) in [5, 5.41) is 12.6. The van der Waals surface area contributed by atoms with Crippen molar-refractivity contribution in [2.75, 3.05) is 26.1 Å². The Labute approximate surface area is 129 Å². The maximum Gasteiger partial charge on any atom is 0.255 e. The molecule has 1 heterocycles. The highest BCUT2D eigenvalue weighted by Crippen LogP contribution is 2.26. The largest absolute Gasteiger partial charge is 0.497 e. The molecule has 0 radical (unpaired) electrons. The van der Waals surface area contributed by atoms with E-state index in [1.807, 2.05) is 24.3 Å². The highest BCUT2D eigenvalue weighted by molar-refractivity contribution is 5.86. The summed E-state index contributed by atoms with van der Waals surface area (Å²) in [5.74, 6) is 0.529. The molecule has 0 aromatic heterocycles. The van der Waals surface area contributed by atoms with Crippen molar-refractivity contribution in [1.82, 2.24) is 4.90 Å². The Morgan fingerprint density at radius 3 is 2.59 bits per heavy atom. The second-order valence-corrected chi connectivity index (χ2v) is 4.91. The quantitative estimate of drug-likeness (QED) is 0.804. The van der Waals surface area contributed by atoms with Gasteiger partial charge in [-0.3, -0.25) is 4.79 Å². The molecule has 1 aromatic rings. The number of likely N-dealkylation sites (tertiary alicyclic amines) is 1. The molecule has 1 saturated heterocycles. The minimum absolute atomic E-state index is 0.208. The van der Waals surface area contributed by atoms with Crippen LogP contribution < -0.4 is 10.1 Å². The number of nitrogens with one attached hydrogen (secondary N) is 1. The molecule has 0 saturated carbocycles. The summed E-state index contributed by atoms with van der Waals surface area (Å²) in [5.41, 5.74) is 0.793. The molecular formula is C16H19N3O3. The summed E-state index contributed by atoms with van der Waals surface area (Å²) in [7, 11) is 3.06. The van der Waals surface area contributed by atoms with Crippen LogP contribution in [-0.4, -0.2) is 49.8 Å². The highest BCUT2D eigenvalue weighted by Gasteiger charge is 2.48. The number of ether oxygens (including phenoxy) is 2. The van der Waals surface area contributed by atoms with Crippen LogP contribution in [0, 0.1) is 11.3 Å². The Bertz CT molecular complexity index is 579. The van der Waals surface area contributed by atoms with Crippen molar-refractivity contribution in [2.45, 2.75) is 18.2 Å². The number of rotatable bonds is 6. The fourth-order valence-electron chi connectivity index (χ4n) is 2.59. The van der Waals surface area contributed by atoms with Gasteiger partial charge in [-0.1, -0.05) is 6.08 Å². The summed E-state index contributed by atoms with van der Waals surface area (Å²) < 4.78 is 10.4. The maximum absolute atomic E-state index is 12.3. The van der Waals surface area contributed by atoms with Crippen molar-refractivity contribution >= 4 is 11.6 Å². The number of amides is 1. The predicted octanol–water partition coefficient (Wildman–Crippen LogP) is 1.41. The first-order valence-corrected chi connectivity index (χ1v) is 6.90. The molecule has 1 aliphatic heterocycles. The molecule has 0 bridgehead atoms. The molecule has 1 aliphatic rings. The van der Waals surface area contributed by atoms with Gasteiger partial charge in [-0.05, 0) is 24.3 Å². The van der Waals surface area contributed by atoms with Crippen molar-refractivity contribution in [3.63, 3.8) is 0 Å². The number of hydrogen-bond acceptors (Lipinski definition) is 5. The molecule has 2 rings (SSSR count). The second kappa shape index (κ2) is 6.96. The van der Waals surface area contributed by atoms with Crippen LogP contribution in [0.1, 0.15) is 0 Å². The molecule has 6 heteroatoms. The minimum Gasteiger partial charge on any atom is -0.497 e. The Morgan fingerprint density at radius 2 is 2.09 bits per heavy atom. The molecule has 22 heavy (non-hydrogen) atoms. The first-order valence-electron chi connectivity index (χ1n) is 6.90. The predicted molar refractivity (Wildman–Crippen MR) is 82.5 cm³/mol. The van der Waals surface area contributed by atoms with Crippen LogP contribution in [0.3, 0.4) is 0 Å². The number of methoxy groups -OCH3 is 2. The van der Waals surface area contributed by atoms with Crippen LogP contribution in [0.4, 0.5) is 5.69 Å². The molecule has 6 nitrogen and oxygen atoms in total. The summed E-state index contributed by atoms with van der Waals surface area (Å²) in [6.45, 7) is 3.95. The van der Waals surface area contributed by atoms with E-state index in [2.05, 4.69) is 18.0 Å². The number of anilines is 1. The topological polar surface area (TPSA) is 74.6 Å². The number of carbonyl (C=O) groups is 1. The second-order valence-electron chi connectivity index (χ2n) is 4.91. The molecule has 0 spiro atoms. The molecule has 0 unspecified atom stereocenters. The summed E-state index contributed by atoms with van der Waals surface area (Å²) >= 11 is 0. The van der Waals surface area contributed by atoms with Gasteiger partial charge in [-0.15, -0.1) is 6.58 Å². The molecule has 1 amide bonds. The van der Waals surface area contributed by atoms with E-state index in [0.29, 0.717) is 6.54 Å². The summed E-state index contributed by atoms with van der Waals surface area (Å²) in [6.07, 6.45) is 0.900. The van der Waals surface area contributed by atoms with E-state index < -0.39 is 18.2 Å². The average Bonchev–Trinajstić information content (AvgIpc) is 2.79. The fourth-order valence-corrected chi connectivity index (χ4v) is 2.59. The van der Waals surface area contributed by atoms with Crippen LogP contribution in [0.2, 0.25) is 0 Å². The van der Waals surface area contributed by atoms with Crippen LogP contribution in [-0.2, 0) is 9.53 Å². The molecule has 0 aliphatic carbocycles. The van der Waals surface area contributed by atoms with Gasteiger partial charge >= 0.3 is 0 Å². The average molecular weight is 301 g/mol. The van der Waals surface area contributed by atoms with Crippen molar-refractivity contribution < 1.29 is 14.3 Å². The Kier molecular flexibility index (Phi) is 5.02. The summed E-state index contributed by atoms with van der Waals surface area (Å²) in [6, 6.07) is 8.40. The molecule has 1 fully saturated rings. The SMILES string of the molecule is C=CCN1C(=O)[C@H](OC)[C@@H](Nc2ccc(OC)cc2)[C@H]1C#N. The van der Waals surface area contributed by atoms with Crippen LogP contribution in [0.25, 0.3) is 0 Å². The zero-order valence-corrected chi connectivity index (χ0v) is 12.7. The summed E-state index contributed by atoms with van der Waals surface area (Å²) in [4.78, 5) is 13.8. The van der Waals surface area contributed by atoms with Crippen LogP contribution in [0.15, 0.2) is 36.9 Å². The molecular weight excluding hydrogens is 282 g/mol. The van der Waals surface area contributed by atoms with Crippen molar-refractivity contribution in [1.29, 1.82) is 5.26 Å². The monoisotopic (exact) mass is 301 g/mol. The third-order valence-electron chi connectivity index (χ3n) is 3.66. The zero-order valence-electron chi connectivity index (χ0n) is 12.7. The normalized spacial score (nSPS) is 24.0. The van der Waals surface area contributed by atoms with E-state index in [1.54, 1.807) is 13.2 Å². The number of carbonyl (C=O) groups excluding carboxylic acids is 1. The highest BCUT2D eigenvalue weighted by atomic mass is 16.5. The van der Waals surface area contributed by atoms with E-state index in [9.17, 15) is 10.1 Å². The lowest BCUT2D eigenvalue weighted by molar-refractivity contribution is -0.135. The van der Waals surface area contributed by atoms with Gasteiger partial charge in [0.25, 0.3) is 5.91 Å². The van der Waals surface area contributed by atoms with Crippen LogP contribution in [0.5, 0.6) is 5.75 Å². The third-order valence-corrected chi connectivity index (χ3v) is 3.66. The maximum atomic E-state index is 12.3. The first kappa shape index (κ1) is 15.9. The third kappa shape index (κ3) is 2.90. The van der Waals surface area contributed by atoms with E-state index in [1.165, 1.54) is 12.0 Å². The van der Waals surface area contributed by atoms with Crippen molar-refractivity contribution in [3.05, 3.63) is 36.9 Å². The minimum atomic E-state index is -0.702. The lowest BCUT2D eigenvalue weighted by Gasteiger charge is -2.22. The Balaban J connectivity index is 2.23. The Hall–Kier alpha value is -2.52. The molecule has 1 aromatic carbocycles. The first-order chi connectivity index (χ1) is 10.7. The Morgan fingerprint density at radius 1 is 1.41 bits per heavy atom. The van der Waals surface area contributed by atoms with E-state index in [0.717, 1.165) is 11.4 Å². The van der Waals surface area contributed by atoms with Gasteiger partial charge in [-0.2, -0.15) is 5.26 Å². The lowest BCUT2D eigenvalue weighted by Crippen LogP contribution is -2.40. The van der Waals surface area contributed by atoms with E-state index in [4.69, 9.17) is 9.47 Å². The van der Waals surface area contributed by atoms with Gasteiger partial charge in [0, 0.05) is 19.3 Å². The smallest absolute Gasteiger partial charge is 0.255 e. The van der Waals surface area contributed by atoms with Gasteiger partial charge in [-0.25, -0.2) is 0 Å². The number of nitriles is 1. The number of nitrogens with zero attached hydrogens (tertiary/aromatic N) is 2. The van der Waals surface area contributed by atoms with Gasteiger partial charge < -0.3 is 19.7 Å². The lowest BCUT2D eigenvalue weighted by atomic mass is 10.1. The molecule has 3 atom stereocenters.